The van der Waals surface area contributed by atoms with E-state index in [2.05, 4.69) is 20.9 Å². The van der Waals surface area contributed by atoms with Crippen molar-refractivity contribution < 1.29 is 9.59 Å². The second kappa shape index (κ2) is 27.0. The van der Waals surface area contributed by atoms with E-state index in [1.54, 1.807) is 0 Å². The smallest absolute Gasteiger partial charge is 0.0809 e. The van der Waals surface area contributed by atoms with Gasteiger partial charge in [-0.1, -0.05) is 142 Å². The molecule has 212 valence electrons. The molecule has 35 heavy (non-hydrogen) atoms. The van der Waals surface area contributed by atoms with Crippen molar-refractivity contribution in [2.45, 2.75) is 187 Å². The second-order valence-corrected chi connectivity index (χ2v) is 12.2. The molecular weight excluding hydrogens is 426 g/mol. The molecular formula is C33H70NO+. The van der Waals surface area contributed by atoms with Gasteiger partial charge in [0.2, 0.25) is 0 Å². The lowest BCUT2D eigenvalue weighted by Gasteiger charge is -2.35. The molecule has 0 aromatic heterocycles. The highest BCUT2D eigenvalue weighted by molar-refractivity contribution is 4.53. The molecule has 1 atom stereocenters. The lowest BCUT2D eigenvalue weighted by atomic mass is 10.0. The Kier molecular flexibility index (Phi) is 26.9. The van der Waals surface area contributed by atoms with Gasteiger partial charge in [-0.25, -0.2) is 0 Å². The summed E-state index contributed by atoms with van der Waals surface area (Å²) in [7, 11) is 2.46. The van der Waals surface area contributed by atoms with Crippen molar-refractivity contribution in [2.75, 3.05) is 26.7 Å². The third-order valence-corrected chi connectivity index (χ3v) is 8.19. The number of nitrogens with zero attached hydrogens (tertiary/aromatic N) is 1. The van der Waals surface area contributed by atoms with Crippen molar-refractivity contribution in [2.24, 2.45) is 0 Å². The van der Waals surface area contributed by atoms with Gasteiger partial charge < -0.3 is 9.59 Å². The standard InChI is InChI=1S/C33H70NO/c1-5-7-9-11-13-15-17-19-21-23-25-27-30-34(4,32-29-33(3)35)31-28-26-24-22-20-18-16-14-12-10-8-6-2/h33,35H,5-32H2,1-4H3/q+1. The van der Waals surface area contributed by atoms with Gasteiger partial charge in [-0.05, 0) is 32.6 Å². The van der Waals surface area contributed by atoms with Gasteiger partial charge in [-0.2, -0.15) is 0 Å². The van der Waals surface area contributed by atoms with Crippen LogP contribution in [0.15, 0.2) is 0 Å². The maximum Gasteiger partial charge on any atom is 0.0809 e. The number of aliphatic hydroxyl groups excluding tert-OH is 1. The highest BCUT2D eigenvalue weighted by Crippen LogP contribution is 2.17. The summed E-state index contributed by atoms with van der Waals surface area (Å²) in [5, 5.41) is 9.85. The maximum absolute atomic E-state index is 9.85. The average molecular weight is 497 g/mol. The highest BCUT2D eigenvalue weighted by Gasteiger charge is 2.21. The van der Waals surface area contributed by atoms with Crippen LogP contribution in [0, 0.1) is 0 Å². The average Bonchev–Trinajstić information content (AvgIpc) is 2.84. The quantitative estimate of drug-likeness (QED) is 0.0806. The molecule has 0 aromatic carbocycles. The molecule has 2 heteroatoms. The number of quaternary nitrogens is 1. The van der Waals surface area contributed by atoms with E-state index in [0.29, 0.717) is 0 Å². The van der Waals surface area contributed by atoms with E-state index in [1.807, 2.05) is 6.92 Å². The first-order valence-corrected chi connectivity index (χ1v) is 16.6. The Morgan fingerprint density at radius 3 is 0.943 bits per heavy atom. The van der Waals surface area contributed by atoms with Crippen molar-refractivity contribution in [3.8, 4) is 0 Å². The number of unbranched alkanes of at least 4 members (excludes halogenated alkanes) is 22. The maximum atomic E-state index is 9.85. The van der Waals surface area contributed by atoms with Gasteiger partial charge in [-0.15, -0.1) is 0 Å². The molecule has 0 bridgehead atoms. The van der Waals surface area contributed by atoms with Gasteiger partial charge in [0.1, 0.15) is 0 Å². The Balaban J connectivity index is 3.78. The van der Waals surface area contributed by atoms with E-state index in [9.17, 15) is 5.11 Å². The van der Waals surface area contributed by atoms with Gasteiger partial charge >= 0.3 is 0 Å². The Labute approximate surface area is 223 Å². The monoisotopic (exact) mass is 497 g/mol. The van der Waals surface area contributed by atoms with Crippen LogP contribution in [0.1, 0.15) is 181 Å². The fourth-order valence-corrected chi connectivity index (χ4v) is 5.50. The fourth-order valence-electron chi connectivity index (χ4n) is 5.50. The zero-order valence-electron chi connectivity index (χ0n) is 25.3. The molecule has 0 aliphatic heterocycles. The Bertz CT molecular complexity index is 367. The van der Waals surface area contributed by atoms with Crippen LogP contribution < -0.4 is 0 Å². The van der Waals surface area contributed by atoms with Crippen molar-refractivity contribution in [1.82, 2.24) is 0 Å². The van der Waals surface area contributed by atoms with E-state index >= 15 is 0 Å². The SMILES string of the molecule is CCCCCCCCCCCCCC[N+](C)(CCCCCCCCCCCCCC)CCC(C)O. The first kappa shape index (κ1) is 34.9. The molecule has 1 N–H and O–H groups in total. The summed E-state index contributed by atoms with van der Waals surface area (Å²) in [4.78, 5) is 0. The first-order valence-electron chi connectivity index (χ1n) is 16.6. The molecule has 0 saturated carbocycles. The molecule has 0 rings (SSSR count). The van der Waals surface area contributed by atoms with E-state index in [-0.39, 0.29) is 6.10 Å². The summed E-state index contributed by atoms with van der Waals surface area (Å²) in [6, 6.07) is 0. The van der Waals surface area contributed by atoms with Gasteiger partial charge in [0.15, 0.2) is 0 Å². The van der Waals surface area contributed by atoms with Crippen molar-refractivity contribution in [1.29, 1.82) is 0 Å². The summed E-state index contributed by atoms with van der Waals surface area (Å²) >= 11 is 0. The number of rotatable bonds is 29. The molecule has 0 radical (unpaired) electrons. The number of aliphatic hydroxyl groups is 1. The molecule has 2 nitrogen and oxygen atoms in total. The predicted molar refractivity (Wildman–Crippen MR) is 159 cm³/mol. The normalized spacial score (nSPS) is 12.9. The highest BCUT2D eigenvalue weighted by atomic mass is 16.3. The van der Waals surface area contributed by atoms with E-state index in [0.717, 1.165) is 13.0 Å². The van der Waals surface area contributed by atoms with E-state index in [1.165, 1.54) is 172 Å². The molecule has 0 aromatic rings. The van der Waals surface area contributed by atoms with Crippen LogP contribution in [-0.4, -0.2) is 42.4 Å². The molecule has 0 fully saturated rings. The van der Waals surface area contributed by atoms with Crippen LogP contribution in [0.25, 0.3) is 0 Å². The van der Waals surface area contributed by atoms with Gasteiger partial charge in [0.25, 0.3) is 0 Å². The fraction of sp³-hybridized carbons (Fsp3) is 1.00. The largest absolute Gasteiger partial charge is 0.393 e. The molecule has 1 unspecified atom stereocenters. The molecule has 0 heterocycles. The number of hydrogen-bond acceptors (Lipinski definition) is 1. The van der Waals surface area contributed by atoms with Crippen molar-refractivity contribution in [3.63, 3.8) is 0 Å². The zero-order chi connectivity index (χ0) is 25.9. The Morgan fingerprint density at radius 1 is 0.429 bits per heavy atom. The van der Waals surface area contributed by atoms with Crippen molar-refractivity contribution >= 4 is 0 Å². The van der Waals surface area contributed by atoms with E-state index < -0.39 is 0 Å². The van der Waals surface area contributed by atoms with E-state index in [4.69, 9.17) is 0 Å². The summed E-state index contributed by atoms with van der Waals surface area (Å²) in [5.41, 5.74) is 0. The zero-order valence-corrected chi connectivity index (χ0v) is 25.3. The minimum absolute atomic E-state index is 0.156. The molecule has 0 aliphatic carbocycles. The number of hydrogen-bond donors (Lipinski definition) is 1. The van der Waals surface area contributed by atoms with Crippen LogP contribution >= 0.6 is 0 Å². The van der Waals surface area contributed by atoms with Gasteiger partial charge in [0, 0.05) is 6.42 Å². The summed E-state index contributed by atoms with van der Waals surface area (Å²) < 4.78 is 1.18. The third-order valence-electron chi connectivity index (χ3n) is 8.19. The van der Waals surface area contributed by atoms with Crippen LogP contribution in [0.5, 0.6) is 0 Å². The second-order valence-electron chi connectivity index (χ2n) is 12.2. The topological polar surface area (TPSA) is 20.2 Å². The van der Waals surface area contributed by atoms with Crippen LogP contribution in [0.2, 0.25) is 0 Å². The summed E-state index contributed by atoms with van der Waals surface area (Å²) in [6.45, 7) is 10.3. The van der Waals surface area contributed by atoms with Crippen LogP contribution in [-0.2, 0) is 0 Å². The summed E-state index contributed by atoms with van der Waals surface area (Å²) in [6.07, 6.45) is 35.0. The molecule has 0 aliphatic rings. The lowest BCUT2D eigenvalue weighted by molar-refractivity contribution is -0.910. The summed E-state index contributed by atoms with van der Waals surface area (Å²) in [5.74, 6) is 0. The van der Waals surface area contributed by atoms with Crippen molar-refractivity contribution in [3.05, 3.63) is 0 Å². The van der Waals surface area contributed by atoms with Gasteiger partial charge in [0.05, 0.1) is 32.8 Å². The molecule has 0 spiro atoms. The molecule has 0 saturated heterocycles. The van der Waals surface area contributed by atoms with Crippen LogP contribution in [0.4, 0.5) is 0 Å². The van der Waals surface area contributed by atoms with Crippen LogP contribution in [0.3, 0.4) is 0 Å². The Morgan fingerprint density at radius 2 is 0.686 bits per heavy atom. The van der Waals surface area contributed by atoms with Gasteiger partial charge in [-0.3, -0.25) is 0 Å². The molecule has 0 amide bonds. The minimum Gasteiger partial charge on any atom is -0.393 e. The predicted octanol–water partition coefficient (Wildman–Crippen LogP) is 10.6. The minimum atomic E-state index is -0.156. The Hall–Kier alpha value is -0.0800. The lowest BCUT2D eigenvalue weighted by Crippen LogP contribution is -2.47. The third kappa shape index (κ3) is 26.8. The first-order chi connectivity index (χ1) is 17.0.